The highest BCUT2D eigenvalue weighted by Gasteiger charge is 2.08. The van der Waals surface area contributed by atoms with Crippen molar-refractivity contribution in [1.82, 2.24) is 4.98 Å². The zero-order valence-corrected chi connectivity index (χ0v) is 10.9. The first kappa shape index (κ1) is 12.6. The zero-order valence-electron chi connectivity index (χ0n) is 10.9. The molecule has 2 rings (SSSR count). The molecule has 0 amide bonds. The first-order valence-corrected chi connectivity index (χ1v) is 5.98. The van der Waals surface area contributed by atoms with Crippen molar-refractivity contribution in [2.24, 2.45) is 0 Å². The first-order chi connectivity index (χ1) is 8.61. The molecular formula is C14H18N2O2. The minimum atomic E-state index is -0.390. The Labute approximate surface area is 107 Å². The van der Waals surface area contributed by atoms with E-state index in [0.29, 0.717) is 6.54 Å². The highest BCUT2D eigenvalue weighted by molar-refractivity contribution is 5.95. The second-order valence-electron chi connectivity index (χ2n) is 4.40. The Bertz CT molecular complexity index is 553. The summed E-state index contributed by atoms with van der Waals surface area (Å²) in [6, 6.07) is 7.80. The molecule has 18 heavy (non-hydrogen) atoms. The number of para-hydroxylation sites is 1. The number of fused-ring (bicyclic) bond motifs is 1. The molecule has 1 aromatic heterocycles. The quantitative estimate of drug-likeness (QED) is 0.869. The van der Waals surface area contributed by atoms with Crippen LogP contribution in [0.5, 0.6) is 5.75 Å². The van der Waals surface area contributed by atoms with E-state index >= 15 is 0 Å². The number of hydrogen-bond acceptors (Lipinski definition) is 4. The molecule has 4 heteroatoms. The number of methoxy groups -OCH3 is 1. The van der Waals surface area contributed by atoms with Gasteiger partial charge in [0.2, 0.25) is 0 Å². The fourth-order valence-electron chi connectivity index (χ4n) is 1.92. The van der Waals surface area contributed by atoms with Gasteiger partial charge in [0.15, 0.2) is 0 Å². The number of ether oxygens (including phenoxy) is 1. The summed E-state index contributed by atoms with van der Waals surface area (Å²) in [6.07, 6.45) is -0.390. The van der Waals surface area contributed by atoms with Crippen LogP contribution in [0.3, 0.4) is 0 Å². The average Bonchev–Trinajstić information content (AvgIpc) is 2.35. The third kappa shape index (κ3) is 2.54. The summed E-state index contributed by atoms with van der Waals surface area (Å²) in [5.41, 5.74) is 2.73. The van der Waals surface area contributed by atoms with Gasteiger partial charge < -0.3 is 15.2 Å². The molecule has 0 bridgehead atoms. The minimum absolute atomic E-state index is 0.390. The number of anilines is 1. The van der Waals surface area contributed by atoms with Crippen LogP contribution in [-0.2, 0) is 0 Å². The van der Waals surface area contributed by atoms with Gasteiger partial charge in [-0.15, -0.1) is 0 Å². The van der Waals surface area contributed by atoms with Gasteiger partial charge in [0.25, 0.3) is 0 Å². The molecule has 96 valence electrons. The highest BCUT2D eigenvalue weighted by Crippen LogP contribution is 2.29. The molecule has 0 aliphatic heterocycles. The lowest BCUT2D eigenvalue weighted by Crippen LogP contribution is -2.15. The van der Waals surface area contributed by atoms with Gasteiger partial charge in [0.05, 0.1) is 13.2 Å². The fraction of sp³-hybridized carbons (Fsp3) is 0.357. The van der Waals surface area contributed by atoms with E-state index in [4.69, 9.17) is 4.74 Å². The van der Waals surface area contributed by atoms with Gasteiger partial charge in [-0.05, 0) is 26.0 Å². The number of pyridine rings is 1. The highest BCUT2D eigenvalue weighted by atomic mass is 16.5. The van der Waals surface area contributed by atoms with E-state index in [9.17, 15) is 5.11 Å². The summed E-state index contributed by atoms with van der Waals surface area (Å²) in [5.74, 6) is 0.760. The number of aliphatic hydroxyl groups excluding tert-OH is 1. The molecule has 0 saturated heterocycles. The van der Waals surface area contributed by atoms with Crippen LogP contribution in [0.4, 0.5) is 5.69 Å². The molecule has 2 aromatic rings. The Hall–Kier alpha value is -1.81. The normalized spacial score (nSPS) is 12.4. The van der Waals surface area contributed by atoms with Crippen LogP contribution in [0.15, 0.2) is 24.3 Å². The van der Waals surface area contributed by atoms with E-state index in [1.807, 2.05) is 31.2 Å². The molecule has 0 spiro atoms. The molecule has 0 aliphatic carbocycles. The van der Waals surface area contributed by atoms with Crippen LogP contribution in [-0.4, -0.2) is 29.8 Å². The van der Waals surface area contributed by atoms with Crippen LogP contribution < -0.4 is 10.1 Å². The number of nitrogens with one attached hydrogen (secondary N) is 1. The van der Waals surface area contributed by atoms with Gasteiger partial charge in [-0.25, -0.2) is 4.98 Å². The zero-order chi connectivity index (χ0) is 13.1. The number of nitrogens with zero attached hydrogens (tertiary/aromatic N) is 1. The molecule has 0 saturated carbocycles. The maximum absolute atomic E-state index is 9.35. The van der Waals surface area contributed by atoms with Crippen LogP contribution in [0.2, 0.25) is 0 Å². The van der Waals surface area contributed by atoms with E-state index in [-0.39, 0.29) is 6.10 Å². The van der Waals surface area contributed by atoms with E-state index < -0.39 is 0 Å². The molecule has 4 nitrogen and oxygen atoms in total. The monoisotopic (exact) mass is 246 g/mol. The first-order valence-electron chi connectivity index (χ1n) is 5.98. The molecule has 1 unspecified atom stereocenters. The smallest absolute Gasteiger partial charge is 0.145 e. The number of benzene rings is 1. The summed E-state index contributed by atoms with van der Waals surface area (Å²) in [6.45, 7) is 4.21. The summed E-state index contributed by atoms with van der Waals surface area (Å²) in [5, 5.41) is 13.6. The van der Waals surface area contributed by atoms with Crippen LogP contribution in [0.25, 0.3) is 10.9 Å². The predicted octanol–water partition coefficient (Wildman–Crippen LogP) is 2.34. The topological polar surface area (TPSA) is 54.4 Å². The van der Waals surface area contributed by atoms with Crippen LogP contribution >= 0.6 is 0 Å². The number of rotatable bonds is 4. The van der Waals surface area contributed by atoms with Crippen molar-refractivity contribution >= 4 is 16.6 Å². The SMILES string of the molecule is COc1cccc2c(NCC(C)O)cc(C)nc12. The largest absolute Gasteiger partial charge is 0.494 e. The third-order valence-electron chi connectivity index (χ3n) is 2.74. The standard InChI is InChI=1S/C14H18N2O2/c1-9-7-12(15-8-10(2)17)11-5-4-6-13(18-3)14(11)16-9/h4-7,10,17H,8H2,1-3H3,(H,15,16). The van der Waals surface area contributed by atoms with Crippen LogP contribution in [0, 0.1) is 6.92 Å². The lowest BCUT2D eigenvalue weighted by atomic mass is 10.1. The third-order valence-corrected chi connectivity index (χ3v) is 2.74. The molecule has 1 aromatic carbocycles. The molecule has 1 heterocycles. The molecule has 2 N–H and O–H groups in total. The van der Waals surface area contributed by atoms with Crippen molar-refractivity contribution in [3.8, 4) is 5.75 Å². The maximum Gasteiger partial charge on any atom is 0.145 e. The molecular weight excluding hydrogens is 228 g/mol. The molecule has 0 aliphatic rings. The van der Waals surface area contributed by atoms with Crippen molar-refractivity contribution in [2.45, 2.75) is 20.0 Å². The van der Waals surface area contributed by atoms with Gasteiger partial charge in [-0.3, -0.25) is 0 Å². The molecule has 1 atom stereocenters. The summed E-state index contributed by atoms with van der Waals surface area (Å²) in [4.78, 5) is 4.51. The van der Waals surface area contributed by atoms with Gasteiger partial charge >= 0.3 is 0 Å². The number of hydrogen-bond donors (Lipinski definition) is 2. The van der Waals surface area contributed by atoms with Crippen molar-refractivity contribution in [2.75, 3.05) is 19.0 Å². The van der Waals surface area contributed by atoms with Gasteiger partial charge in [0.1, 0.15) is 11.3 Å². The van der Waals surface area contributed by atoms with Crippen LogP contribution in [0.1, 0.15) is 12.6 Å². The molecule has 0 radical (unpaired) electrons. The summed E-state index contributed by atoms with van der Waals surface area (Å²) >= 11 is 0. The fourth-order valence-corrected chi connectivity index (χ4v) is 1.92. The van der Waals surface area contributed by atoms with Gasteiger partial charge in [-0.1, -0.05) is 12.1 Å². The van der Waals surface area contributed by atoms with Crippen molar-refractivity contribution in [3.63, 3.8) is 0 Å². The van der Waals surface area contributed by atoms with E-state index in [2.05, 4.69) is 10.3 Å². The predicted molar refractivity (Wildman–Crippen MR) is 73.2 cm³/mol. The second kappa shape index (κ2) is 5.23. The van der Waals surface area contributed by atoms with Crippen molar-refractivity contribution < 1.29 is 9.84 Å². The molecule has 0 fully saturated rings. The Kier molecular flexibility index (Phi) is 3.67. The van der Waals surface area contributed by atoms with Crippen molar-refractivity contribution in [1.29, 1.82) is 0 Å². The lowest BCUT2D eigenvalue weighted by molar-refractivity contribution is 0.208. The average molecular weight is 246 g/mol. The Morgan fingerprint density at radius 1 is 1.44 bits per heavy atom. The Balaban J connectivity index is 2.52. The lowest BCUT2D eigenvalue weighted by Gasteiger charge is -2.13. The minimum Gasteiger partial charge on any atom is -0.494 e. The maximum atomic E-state index is 9.35. The summed E-state index contributed by atoms with van der Waals surface area (Å²) < 4.78 is 5.32. The van der Waals surface area contributed by atoms with Crippen molar-refractivity contribution in [3.05, 3.63) is 30.0 Å². The van der Waals surface area contributed by atoms with E-state index in [1.54, 1.807) is 14.0 Å². The Morgan fingerprint density at radius 3 is 2.89 bits per heavy atom. The van der Waals surface area contributed by atoms with E-state index in [1.165, 1.54) is 0 Å². The Morgan fingerprint density at radius 2 is 2.22 bits per heavy atom. The number of aromatic nitrogens is 1. The van der Waals surface area contributed by atoms with Gasteiger partial charge in [-0.2, -0.15) is 0 Å². The second-order valence-corrected chi connectivity index (χ2v) is 4.40. The number of aliphatic hydroxyl groups is 1. The van der Waals surface area contributed by atoms with Gasteiger partial charge in [0, 0.05) is 23.3 Å². The summed E-state index contributed by atoms with van der Waals surface area (Å²) in [7, 11) is 1.64. The van der Waals surface area contributed by atoms with E-state index in [0.717, 1.165) is 28.0 Å². The number of aryl methyl sites for hydroxylation is 1.